The Morgan fingerprint density at radius 2 is 1.65 bits per heavy atom. The fraction of sp³-hybridized carbons (Fsp3) is 0.409. The first-order valence-corrected chi connectivity index (χ1v) is 11.7. The Morgan fingerprint density at radius 3 is 2.29 bits per heavy atom. The first-order valence-electron chi connectivity index (χ1n) is 10.0. The van der Waals surface area contributed by atoms with Gasteiger partial charge in [0.1, 0.15) is 0 Å². The maximum absolute atomic E-state index is 12.2. The smallest absolute Gasteiger partial charge is 0.315 e. The molecule has 3 N–H and O–H groups in total. The highest BCUT2D eigenvalue weighted by Gasteiger charge is 2.15. The number of benzene rings is 2. The van der Waals surface area contributed by atoms with Gasteiger partial charge >= 0.3 is 6.03 Å². The summed E-state index contributed by atoms with van der Waals surface area (Å²) in [6.45, 7) is 4.22. The van der Waals surface area contributed by atoms with E-state index in [0.717, 1.165) is 11.1 Å². The number of nitrogens with one attached hydrogen (secondary N) is 3. The van der Waals surface area contributed by atoms with Crippen LogP contribution in [0.1, 0.15) is 30.5 Å². The number of hydrogen-bond donors (Lipinski definition) is 3. The lowest BCUT2D eigenvalue weighted by atomic mass is 10.1. The molecule has 0 atom stereocenters. The van der Waals surface area contributed by atoms with Crippen LogP contribution in [0, 0.1) is 0 Å². The Balaban J connectivity index is 1.87. The predicted octanol–water partition coefficient (Wildman–Crippen LogP) is 2.57. The SMILES string of the molecule is COc1ccc(CCNC(=O)NCc2ccccc2CS(=O)(=O)NC(C)C)cc1OC. The highest BCUT2D eigenvalue weighted by molar-refractivity contribution is 7.88. The summed E-state index contributed by atoms with van der Waals surface area (Å²) in [7, 11) is -0.288. The van der Waals surface area contributed by atoms with Crippen molar-refractivity contribution >= 4 is 16.1 Å². The molecule has 0 saturated heterocycles. The number of ether oxygens (including phenoxy) is 2. The molecule has 2 aromatic rings. The van der Waals surface area contributed by atoms with Gasteiger partial charge in [-0.3, -0.25) is 0 Å². The predicted molar refractivity (Wildman–Crippen MR) is 121 cm³/mol. The van der Waals surface area contributed by atoms with Crippen LogP contribution < -0.4 is 24.8 Å². The van der Waals surface area contributed by atoms with E-state index in [0.29, 0.717) is 30.0 Å². The van der Waals surface area contributed by atoms with Crippen molar-refractivity contribution in [2.24, 2.45) is 0 Å². The summed E-state index contributed by atoms with van der Waals surface area (Å²) < 4.78 is 37.6. The third-order valence-corrected chi connectivity index (χ3v) is 5.99. The molecule has 2 rings (SSSR count). The molecule has 9 heteroatoms. The zero-order valence-electron chi connectivity index (χ0n) is 18.4. The molecule has 0 radical (unpaired) electrons. The highest BCUT2D eigenvalue weighted by atomic mass is 32.2. The third kappa shape index (κ3) is 8.10. The quantitative estimate of drug-likeness (QED) is 0.489. The van der Waals surface area contributed by atoms with Crippen molar-refractivity contribution in [3.63, 3.8) is 0 Å². The van der Waals surface area contributed by atoms with Crippen LogP contribution in [-0.2, 0) is 28.7 Å². The number of amides is 2. The molecular weight excluding hydrogens is 418 g/mol. The summed E-state index contributed by atoms with van der Waals surface area (Å²) in [5.41, 5.74) is 2.42. The van der Waals surface area contributed by atoms with Crippen LogP contribution in [0.25, 0.3) is 0 Å². The van der Waals surface area contributed by atoms with Gasteiger partial charge in [-0.15, -0.1) is 0 Å². The van der Waals surface area contributed by atoms with Crippen molar-refractivity contribution in [3.05, 3.63) is 59.2 Å². The molecule has 0 aromatic heterocycles. The molecule has 0 aliphatic heterocycles. The summed E-state index contributed by atoms with van der Waals surface area (Å²) in [5, 5.41) is 5.59. The lowest BCUT2D eigenvalue weighted by Crippen LogP contribution is -2.36. The van der Waals surface area contributed by atoms with Gasteiger partial charge in [-0.2, -0.15) is 0 Å². The Labute approximate surface area is 184 Å². The zero-order chi connectivity index (χ0) is 22.9. The van der Waals surface area contributed by atoms with Crippen LogP contribution in [0.15, 0.2) is 42.5 Å². The molecule has 2 amide bonds. The van der Waals surface area contributed by atoms with E-state index in [-0.39, 0.29) is 24.4 Å². The second kappa shape index (κ2) is 11.6. The molecule has 0 spiro atoms. The van der Waals surface area contributed by atoms with Gasteiger partial charge < -0.3 is 20.1 Å². The monoisotopic (exact) mass is 449 g/mol. The molecular formula is C22H31N3O5S. The fourth-order valence-electron chi connectivity index (χ4n) is 3.07. The minimum Gasteiger partial charge on any atom is -0.493 e. The topological polar surface area (TPSA) is 106 Å². The van der Waals surface area contributed by atoms with Gasteiger partial charge in [-0.05, 0) is 49.1 Å². The zero-order valence-corrected chi connectivity index (χ0v) is 19.2. The molecule has 0 saturated carbocycles. The van der Waals surface area contributed by atoms with Crippen LogP contribution in [0.4, 0.5) is 4.79 Å². The number of urea groups is 1. The standard InChI is InChI=1S/C22H31N3O5S/c1-16(2)25-31(27,28)15-19-8-6-5-7-18(19)14-24-22(26)23-12-11-17-9-10-20(29-3)21(13-17)30-4/h5-10,13,16,25H,11-12,14-15H2,1-4H3,(H2,23,24,26). The van der Waals surface area contributed by atoms with Gasteiger partial charge in [-0.1, -0.05) is 30.3 Å². The van der Waals surface area contributed by atoms with E-state index < -0.39 is 10.0 Å². The number of sulfonamides is 1. The van der Waals surface area contributed by atoms with Gasteiger partial charge in [0, 0.05) is 19.1 Å². The lowest BCUT2D eigenvalue weighted by molar-refractivity contribution is 0.240. The number of carbonyl (C=O) groups excluding carboxylic acids is 1. The molecule has 0 heterocycles. The summed E-state index contributed by atoms with van der Waals surface area (Å²) in [6, 6.07) is 12.3. The second-order valence-electron chi connectivity index (χ2n) is 7.35. The molecule has 0 aliphatic rings. The third-order valence-electron chi connectivity index (χ3n) is 4.47. The number of methoxy groups -OCH3 is 2. The second-order valence-corrected chi connectivity index (χ2v) is 9.10. The van der Waals surface area contributed by atoms with Gasteiger partial charge in [0.15, 0.2) is 11.5 Å². The number of hydrogen-bond acceptors (Lipinski definition) is 5. The largest absolute Gasteiger partial charge is 0.493 e. The summed E-state index contributed by atoms with van der Waals surface area (Å²) in [4.78, 5) is 12.2. The van der Waals surface area contributed by atoms with Crippen molar-refractivity contribution in [2.75, 3.05) is 20.8 Å². The average molecular weight is 450 g/mol. The Hall–Kier alpha value is -2.78. The summed E-state index contributed by atoms with van der Waals surface area (Å²) in [6.07, 6.45) is 0.628. The first-order chi connectivity index (χ1) is 14.7. The van der Waals surface area contributed by atoms with Gasteiger partial charge in [0.2, 0.25) is 10.0 Å². The van der Waals surface area contributed by atoms with E-state index in [1.807, 2.05) is 30.3 Å². The molecule has 2 aromatic carbocycles. The van der Waals surface area contributed by atoms with E-state index in [4.69, 9.17) is 9.47 Å². The maximum Gasteiger partial charge on any atom is 0.315 e. The van der Waals surface area contributed by atoms with Crippen molar-refractivity contribution in [1.82, 2.24) is 15.4 Å². The van der Waals surface area contributed by atoms with Gasteiger partial charge in [0.25, 0.3) is 0 Å². The van der Waals surface area contributed by atoms with Crippen molar-refractivity contribution < 1.29 is 22.7 Å². The minimum absolute atomic E-state index is 0.135. The summed E-state index contributed by atoms with van der Waals surface area (Å²) >= 11 is 0. The van der Waals surface area contributed by atoms with Crippen molar-refractivity contribution in [1.29, 1.82) is 0 Å². The van der Waals surface area contributed by atoms with E-state index in [9.17, 15) is 13.2 Å². The Bertz CT molecular complexity index is 977. The molecule has 0 fully saturated rings. The highest BCUT2D eigenvalue weighted by Crippen LogP contribution is 2.27. The van der Waals surface area contributed by atoms with Crippen LogP contribution in [-0.4, -0.2) is 41.3 Å². The van der Waals surface area contributed by atoms with Gasteiger partial charge in [0.05, 0.1) is 20.0 Å². The Morgan fingerprint density at radius 1 is 0.968 bits per heavy atom. The molecule has 0 unspecified atom stereocenters. The van der Waals surface area contributed by atoms with E-state index in [1.165, 1.54) is 0 Å². The normalized spacial score (nSPS) is 11.3. The summed E-state index contributed by atoms with van der Waals surface area (Å²) in [5.74, 6) is 1.16. The van der Waals surface area contributed by atoms with E-state index >= 15 is 0 Å². The lowest BCUT2D eigenvalue weighted by Gasteiger charge is -2.14. The van der Waals surface area contributed by atoms with Crippen molar-refractivity contribution in [3.8, 4) is 11.5 Å². The molecule has 0 aliphatic carbocycles. The van der Waals surface area contributed by atoms with Crippen LogP contribution >= 0.6 is 0 Å². The molecule has 31 heavy (non-hydrogen) atoms. The number of rotatable bonds is 11. The molecule has 0 bridgehead atoms. The van der Waals surface area contributed by atoms with Crippen LogP contribution in [0.3, 0.4) is 0 Å². The molecule has 8 nitrogen and oxygen atoms in total. The van der Waals surface area contributed by atoms with Crippen LogP contribution in [0.5, 0.6) is 11.5 Å². The number of carbonyl (C=O) groups is 1. The van der Waals surface area contributed by atoms with E-state index in [1.54, 1.807) is 40.2 Å². The van der Waals surface area contributed by atoms with E-state index in [2.05, 4.69) is 15.4 Å². The average Bonchev–Trinajstić information content (AvgIpc) is 2.71. The molecule has 170 valence electrons. The maximum atomic E-state index is 12.2. The van der Waals surface area contributed by atoms with Crippen molar-refractivity contribution in [2.45, 2.75) is 38.6 Å². The van der Waals surface area contributed by atoms with Crippen LogP contribution in [0.2, 0.25) is 0 Å². The minimum atomic E-state index is -3.45. The fourth-order valence-corrected chi connectivity index (χ4v) is 4.56. The van der Waals surface area contributed by atoms with Gasteiger partial charge in [-0.25, -0.2) is 17.9 Å². The first kappa shape index (κ1) is 24.5. The Kier molecular flexibility index (Phi) is 9.14.